The molecule has 1 aliphatic carbocycles. The number of halogens is 3. The van der Waals surface area contributed by atoms with Gasteiger partial charge in [0.05, 0.1) is 16.6 Å². The van der Waals surface area contributed by atoms with Crippen LogP contribution in [0.3, 0.4) is 0 Å². The monoisotopic (exact) mass is 292 g/mol. The SMILES string of the molecule is Cc1nc([C@H]2[C@H]3CNC[C@@]32OC(=O)C(F)(F)F)cs1. The molecule has 4 nitrogen and oxygen atoms in total. The molecule has 3 atom stereocenters. The predicted octanol–water partition coefficient (Wildman–Crippen LogP) is 1.61. The summed E-state index contributed by atoms with van der Waals surface area (Å²) in [4.78, 5) is 15.3. The second kappa shape index (κ2) is 3.92. The van der Waals surface area contributed by atoms with Crippen molar-refractivity contribution in [2.75, 3.05) is 13.1 Å². The van der Waals surface area contributed by atoms with E-state index in [2.05, 4.69) is 10.3 Å². The fourth-order valence-corrected chi connectivity index (χ4v) is 3.48. The van der Waals surface area contributed by atoms with E-state index in [0.29, 0.717) is 6.54 Å². The molecule has 0 unspecified atom stereocenters. The number of nitrogens with one attached hydrogen (secondary N) is 1. The van der Waals surface area contributed by atoms with Gasteiger partial charge < -0.3 is 10.1 Å². The lowest BCUT2D eigenvalue weighted by molar-refractivity contribution is -0.207. The van der Waals surface area contributed by atoms with Gasteiger partial charge in [-0.2, -0.15) is 13.2 Å². The maximum absolute atomic E-state index is 12.3. The quantitative estimate of drug-likeness (QED) is 0.842. The molecule has 0 spiro atoms. The topological polar surface area (TPSA) is 51.2 Å². The molecule has 1 saturated heterocycles. The van der Waals surface area contributed by atoms with Crippen LogP contribution in [0.15, 0.2) is 5.38 Å². The van der Waals surface area contributed by atoms with Gasteiger partial charge in [-0.1, -0.05) is 0 Å². The first kappa shape index (κ1) is 12.9. The Morgan fingerprint density at radius 3 is 2.95 bits per heavy atom. The van der Waals surface area contributed by atoms with Crippen molar-refractivity contribution in [2.24, 2.45) is 5.92 Å². The molecule has 19 heavy (non-hydrogen) atoms. The number of hydrogen-bond donors (Lipinski definition) is 1. The van der Waals surface area contributed by atoms with Gasteiger partial charge in [0.25, 0.3) is 0 Å². The summed E-state index contributed by atoms with van der Waals surface area (Å²) < 4.78 is 41.7. The van der Waals surface area contributed by atoms with Crippen molar-refractivity contribution >= 4 is 17.3 Å². The van der Waals surface area contributed by atoms with Crippen molar-refractivity contribution in [1.82, 2.24) is 10.3 Å². The van der Waals surface area contributed by atoms with Crippen LogP contribution < -0.4 is 5.32 Å². The summed E-state index contributed by atoms with van der Waals surface area (Å²) in [5.41, 5.74) is -0.336. The van der Waals surface area contributed by atoms with Gasteiger partial charge in [-0.3, -0.25) is 0 Å². The van der Waals surface area contributed by atoms with Crippen molar-refractivity contribution < 1.29 is 22.7 Å². The van der Waals surface area contributed by atoms with Crippen LogP contribution in [-0.4, -0.2) is 35.8 Å². The lowest BCUT2D eigenvalue weighted by Crippen LogP contribution is -2.35. The van der Waals surface area contributed by atoms with E-state index in [1.54, 1.807) is 0 Å². The molecule has 0 aromatic carbocycles. The van der Waals surface area contributed by atoms with E-state index in [1.807, 2.05) is 12.3 Å². The smallest absolute Gasteiger partial charge is 0.450 e. The highest BCUT2D eigenvalue weighted by Gasteiger charge is 2.72. The molecule has 1 saturated carbocycles. The number of thiazole rings is 1. The van der Waals surface area contributed by atoms with Crippen LogP contribution in [0.1, 0.15) is 16.6 Å². The standard InChI is InChI=1S/C11H11F3N2O2S/c1-5-16-7(3-19-5)8-6-2-15-4-10(6,8)18-9(17)11(12,13)14/h3,6,8,15H,2,4H2,1H3/t6-,8-,10-/m1/s1. The van der Waals surface area contributed by atoms with Crippen molar-refractivity contribution in [3.8, 4) is 0 Å². The number of hydrogen-bond acceptors (Lipinski definition) is 5. The molecule has 1 aromatic heterocycles. The number of aryl methyl sites for hydroxylation is 1. The van der Waals surface area contributed by atoms with Gasteiger partial charge in [-0.25, -0.2) is 9.78 Å². The number of rotatable bonds is 2. The van der Waals surface area contributed by atoms with Crippen LogP contribution in [-0.2, 0) is 9.53 Å². The second-order valence-corrected chi connectivity index (χ2v) is 5.91. The van der Waals surface area contributed by atoms with Crippen LogP contribution >= 0.6 is 11.3 Å². The van der Waals surface area contributed by atoms with Crippen LogP contribution in [0.4, 0.5) is 13.2 Å². The van der Waals surface area contributed by atoms with E-state index in [9.17, 15) is 18.0 Å². The zero-order chi connectivity index (χ0) is 13.8. The molecule has 2 heterocycles. The van der Waals surface area contributed by atoms with E-state index in [-0.39, 0.29) is 18.4 Å². The van der Waals surface area contributed by atoms with E-state index in [1.165, 1.54) is 11.3 Å². The van der Waals surface area contributed by atoms with E-state index >= 15 is 0 Å². The molecule has 3 rings (SSSR count). The molecule has 1 aromatic rings. The largest absolute Gasteiger partial charge is 0.490 e. The molecule has 2 aliphatic rings. The number of carbonyl (C=O) groups is 1. The summed E-state index contributed by atoms with van der Waals surface area (Å²) in [6, 6.07) is 0. The number of ether oxygens (including phenoxy) is 1. The summed E-state index contributed by atoms with van der Waals surface area (Å²) in [6.07, 6.45) is -4.95. The number of aromatic nitrogens is 1. The normalized spacial score (nSPS) is 33.1. The molecular formula is C11H11F3N2O2S. The summed E-state index contributed by atoms with van der Waals surface area (Å²) in [5.74, 6) is -2.44. The first-order chi connectivity index (χ1) is 8.84. The molecule has 0 amide bonds. The Morgan fingerprint density at radius 2 is 2.37 bits per heavy atom. The zero-order valence-electron chi connectivity index (χ0n) is 9.95. The Balaban J connectivity index is 1.81. The number of nitrogens with zero attached hydrogens (tertiary/aromatic N) is 1. The Labute approximate surface area is 111 Å². The number of alkyl halides is 3. The minimum atomic E-state index is -4.95. The van der Waals surface area contributed by atoms with Gasteiger partial charge in [0, 0.05) is 24.4 Å². The lowest BCUT2D eigenvalue weighted by atomic mass is 10.2. The number of esters is 1. The summed E-state index contributed by atoms with van der Waals surface area (Å²) in [7, 11) is 0. The summed E-state index contributed by atoms with van der Waals surface area (Å²) in [6.45, 7) is 2.63. The molecule has 8 heteroatoms. The van der Waals surface area contributed by atoms with Crippen molar-refractivity contribution in [3.05, 3.63) is 16.1 Å². The molecule has 104 valence electrons. The highest BCUT2D eigenvalue weighted by molar-refractivity contribution is 7.09. The lowest BCUT2D eigenvalue weighted by Gasteiger charge is -2.17. The van der Waals surface area contributed by atoms with E-state index < -0.39 is 17.7 Å². The second-order valence-electron chi connectivity index (χ2n) is 4.85. The Kier molecular flexibility index (Phi) is 2.66. The molecule has 2 fully saturated rings. The highest BCUT2D eigenvalue weighted by atomic mass is 32.1. The third-order valence-corrected chi connectivity index (χ3v) is 4.47. The minimum absolute atomic E-state index is 0.111. The van der Waals surface area contributed by atoms with Crippen LogP contribution in [0.2, 0.25) is 0 Å². The van der Waals surface area contributed by atoms with Gasteiger partial charge in [-0.05, 0) is 6.92 Å². The number of piperidine rings is 1. The van der Waals surface area contributed by atoms with Gasteiger partial charge >= 0.3 is 12.1 Å². The van der Waals surface area contributed by atoms with Gasteiger partial charge in [0.2, 0.25) is 0 Å². The van der Waals surface area contributed by atoms with Gasteiger partial charge in [0.1, 0.15) is 5.60 Å². The summed E-state index contributed by atoms with van der Waals surface area (Å²) >= 11 is 1.44. The fourth-order valence-electron chi connectivity index (χ4n) is 2.83. The third-order valence-electron chi connectivity index (χ3n) is 3.68. The van der Waals surface area contributed by atoms with Crippen molar-refractivity contribution in [1.29, 1.82) is 0 Å². The van der Waals surface area contributed by atoms with Crippen molar-refractivity contribution in [3.63, 3.8) is 0 Å². The first-order valence-corrected chi connectivity index (χ1v) is 6.65. The predicted molar refractivity (Wildman–Crippen MR) is 60.8 cm³/mol. The van der Waals surface area contributed by atoms with E-state index in [4.69, 9.17) is 4.74 Å². The average Bonchev–Trinajstić information content (AvgIpc) is 2.68. The minimum Gasteiger partial charge on any atom is -0.450 e. The molecular weight excluding hydrogens is 281 g/mol. The molecule has 0 bridgehead atoms. The number of fused-ring (bicyclic) bond motifs is 1. The Hall–Kier alpha value is -1.15. The molecule has 1 N–H and O–H groups in total. The fraction of sp³-hybridized carbons (Fsp3) is 0.636. The summed E-state index contributed by atoms with van der Waals surface area (Å²) in [5, 5.41) is 5.63. The maximum atomic E-state index is 12.3. The zero-order valence-corrected chi connectivity index (χ0v) is 10.8. The van der Waals surface area contributed by atoms with Crippen molar-refractivity contribution in [2.45, 2.75) is 24.6 Å². The highest BCUT2D eigenvalue weighted by Crippen LogP contribution is 2.62. The number of carbonyl (C=O) groups excluding carboxylic acids is 1. The Morgan fingerprint density at radius 1 is 1.63 bits per heavy atom. The van der Waals surface area contributed by atoms with Crippen LogP contribution in [0.25, 0.3) is 0 Å². The Bertz CT molecular complexity index is 530. The first-order valence-electron chi connectivity index (χ1n) is 5.77. The molecule has 0 radical (unpaired) electrons. The van der Waals surface area contributed by atoms with Gasteiger partial charge in [-0.15, -0.1) is 11.3 Å². The third kappa shape index (κ3) is 1.93. The van der Waals surface area contributed by atoms with E-state index in [0.717, 1.165) is 10.7 Å². The van der Waals surface area contributed by atoms with Crippen LogP contribution in [0.5, 0.6) is 0 Å². The van der Waals surface area contributed by atoms with Crippen LogP contribution in [0, 0.1) is 12.8 Å². The maximum Gasteiger partial charge on any atom is 0.490 e. The van der Waals surface area contributed by atoms with Gasteiger partial charge in [0.15, 0.2) is 0 Å². The molecule has 1 aliphatic heterocycles. The average molecular weight is 292 g/mol.